The Morgan fingerprint density at radius 3 is 2.60 bits per heavy atom. The lowest BCUT2D eigenvalue weighted by Crippen LogP contribution is -2.33. The normalized spacial score (nSPS) is 33.2. The quantitative estimate of drug-likeness (QED) is 0.566. The molecule has 10 heavy (non-hydrogen) atoms. The molecule has 0 radical (unpaired) electrons. The minimum atomic E-state index is -2.85. The number of piperidine rings is 1. The predicted octanol–water partition coefficient (Wildman–Crippen LogP) is 0.986. The van der Waals surface area contributed by atoms with E-state index in [0.717, 1.165) is 25.8 Å². The summed E-state index contributed by atoms with van der Waals surface area (Å²) in [6.07, 6.45) is 3.07. The first-order valence-electron chi connectivity index (χ1n) is 3.64. The predicted molar refractivity (Wildman–Crippen MR) is 41.4 cm³/mol. The van der Waals surface area contributed by atoms with Crippen LogP contribution in [0.15, 0.2) is 0 Å². The van der Waals surface area contributed by atoms with Crippen molar-refractivity contribution in [2.45, 2.75) is 25.0 Å². The van der Waals surface area contributed by atoms with Crippen LogP contribution in [0.25, 0.3) is 0 Å². The molecule has 0 amide bonds. The Bertz CT molecular complexity index is 148. The molecular weight excluding hydrogens is 149 g/mol. The van der Waals surface area contributed by atoms with Gasteiger partial charge in [-0.25, -0.2) is 0 Å². The first-order chi connectivity index (χ1) is 4.61. The fourth-order valence-corrected chi connectivity index (χ4v) is 2.37. The zero-order valence-corrected chi connectivity index (χ0v) is 7.10. The van der Waals surface area contributed by atoms with Crippen LogP contribution < -0.4 is 5.32 Å². The molecular formula is C6H14NO2P. The minimum absolute atomic E-state index is 0.138. The van der Waals surface area contributed by atoms with Gasteiger partial charge in [-0.15, -0.1) is 0 Å². The highest BCUT2D eigenvalue weighted by molar-refractivity contribution is 7.57. The monoisotopic (exact) mass is 163 g/mol. The summed E-state index contributed by atoms with van der Waals surface area (Å²) in [5.74, 6) is -0.138. The van der Waals surface area contributed by atoms with Crippen LogP contribution in [-0.2, 0) is 4.57 Å². The fraction of sp³-hybridized carbons (Fsp3) is 1.00. The molecule has 1 unspecified atom stereocenters. The molecule has 0 spiro atoms. The molecule has 0 aromatic heterocycles. The Morgan fingerprint density at radius 2 is 2.30 bits per heavy atom. The van der Waals surface area contributed by atoms with Crippen molar-refractivity contribution in [2.75, 3.05) is 13.2 Å². The Labute approximate surface area is 61.3 Å². The molecule has 1 rings (SSSR count). The van der Waals surface area contributed by atoms with Crippen molar-refractivity contribution in [3.05, 3.63) is 0 Å². The first kappa shape index (κ1) is 8.25. The number of hydrogen-bond donors (Lipinski definition) is 2. The summed E-state index contributed by atoms with van der Waals surface area (Å²) in [6, 6.07) is 0. The van der Waals surface area contributed by atoms with E-state index in [0.29, 0.717) is 0 Å². The zero-order valence-electron chi connectivity index (χ0n) is 6.21. The number of nitrogens with one attached hydrogen (secondary N) is 1. The molecule has 0 aliphatic carbocycles. The molecule has 1 fully saturated rings. The average Bonchev–Trinajstić information content (AvgIpc) is 1.88. The van der Waals surface area contributed by atoms with E-state index in [2.05, 4.69) is 5.32 Å². The van der Waals surface area contributed by atoms with Crippen LogP contribution in [0, 0.1) is 0 Å². The van der Waals surface area contributed by atoms with Crippen LogP contribution >= 0.6 is 7.37 Å². The van der Waals surface area contributed by atoms with Gasteiger partial charge in [0.2, 0.25) is 7.37 Å². The molecule has 1 aliphatic heterocycles. The second-order valence-corrected chi connectivity index (χ2v) is 5.42. The summed E-state index contributed by atoms with van der Waals surface area (Å²) >= 11 is 0. The maximum atomic E-state index is 11.1. The summed E-state index contributed by atoms with van der Waals surface area (Å²) < 4.78 is 11.1. The average molecular weight is 163 g/mol. The Hall–Kier alpha value is 0.150. The van der Waals surface area contributed by atoms with Crippen molar-refractivity contribution >= 4 is 7.37 Å². The SMILES string of the molecule is CP(=O)(O)[C@@H]1CCCCN1. The van der Waals surface area contributed by atoms with Crippen LogP contribution in [0.3, 0.4) is 0 Å². The second kappa shape index (κ2) is 3.04. The zero-order chi connectivity index (χ0) is 7.61. The van der Waals surface area contributed by atoms with Gasteiger partial charge in [0.05, 0.1) is 5.78 Å². The van der Waals surface area contributed by atoms with E-state index in [4.69, 9.17) is 4.89 Å². The molecule has 4 heteroatoms. The van der Waals surface area contributed by atoms with Crippen LogP contribution in [-0.4, -0.2) is 23.9 Å². The van der Waals surface area contributed by atoms with Gasteiger partial charge in [0.1, 0.15) is 0 Å². The molecule has 1 saturated heterocycles. The van der Waals surface area contributed by atoms with E-state index in [9.17, 15) is 4.57 Å². The minimum Gasteiger partial charge on any atom is -0.343 e. The van der Waals surface area contributed by atoms with Gasteiger partial charge in [-0.1, -0.05) is 6.42 Å². The lowest BCUT2D eigenvalue weighted by Gasteiger charge is -2.25. The van der Waals surface area contributed by atoms with Crippen LogP contribution in [0.2, 0.25) is 0 Å². The standard InChI is InChI=1S/C6H14NO2P/c1-10(8,9)6-4-2-3-5-7-6/h6-7H,2-5H2,1H3,(H,8,9)/t6-/m1/s1. The summed E-state index contributed by atoms with van der Waals surface area (Å²) in [5, 5.41) is 3.05. The van der Waals surface area contributed by atoms with Gasteiger partial charge in [0.25, 0.3) is 0 Å². The molecule has 1 heterocycles. The van der Waals surface area contributed by atoms with Gasteiger partial charge in [-0.3, -0.25) is 4.57 Å². The molecule has 0 saturated carbocycles. The van der Waals surface area contributed by atoms with Gasteiger partial charge in [-0.2, -0.15) is 0 Å². The van der Waals surface area contributed by atoms with Crippen molar-refractivity contribution in [2.24, 2.45) is 0 Å². The molecule has 0 aromatic rings. The molecule has 2 atom stereocenters. The molecule has 2 N–H and O–H groups in total. The van der Waals surface area contributed by atoms with Crippen molar-refractivity contribution in [3.63, 3.8) is 0 Å². The van der Waals surface area contributed by atoms with Crippen LogP contribution in [0.1, 0.15) is 19.3 Å². The summed E-state index contributed by atoms with van der Waals surface area (Å²) in [7, 11) is -2.85. The summed E-state index contributed by atoms with van der Waals surface area (Å²) in [4.78, 5) is 9.14. The smallest absolute Gasteiger partial charge is 0.214 e. The van der Waals surface area contributed by atoms with Crippen molar-refractivity contribution in [3.8, 4) is 0 Å². The maximum Gasteiger partial charge on any atom is 0.214 e. The van der Waals surface area contributed by atoms with E-state index >= 15 is 0 Å². The summed E-state index contributed by atoms with van der Waals surface area (Å²) in [6.45, 7) is 2.32. The Balaban J connectivity index is 2.47. The van der Waals surface area contributed by atoms with Crippen molar-refractivity contribution in [1.82, 2.24) is 5.32 Å². The Morgan fingerprint density at radius 1 is 1.60 bits per heavy atom. The van der Waals surface area contributed by atoms with Gasteiger partial charge in [0.15, 0.2) is 0 Å². The highest BCUT2D eigenvalue weighted by Crippen LogP contribution is 2.43. The van der Waals surface area contributed by atoms with Gasteiger partial charge < -0.3 is 10.2 Å². The van der Waals surface area contributed by atoms with Gasteiger partial charge in [0, 0.05) is 6.66 Å². The summed E-state index contributed by atoms with van der Waals surface area (Å²) in [5.41, 5.74) is 0. The third kappa shape index (κ3) is 2.08. The van der Waals surface area contributed by atoms with Crippen LogP contribution in [0.4, 0.5) is 0 Å². The molecule has 60 valence electrons. The van der Waals surface area contributed by atoms with E-state index in [1.165, 1.54) is 6.66 Å². The van der Waals surface area contributed by atoms with Gasteiger partial charge >= 0.3 is 0 Å². The largest absolute Gasteiger partial charge is 0.343 e. The van der Waals surface area contributed by atoms with E-state index in [-0.39, 0.29) is 5.78 Å². The van der Waals surface area contributed by atoms with Crippen molar-refractivity contribution in [1.29, 1.82) is 0 Å². The topological polar surface area (TPSA) is 49.3 Å². The highest BCUT2D eigenvalue weighted by Gasteiger charge is 2.26. The lowest BCUT2D eigenvalue weighted by molar-refractivity contribution is 0.411. The second-order valence-electron chi connectivity index (χ2n) is 2.91. The maximum absolute atomic E-state index is 11.1. The van der Waals surface area contributed by atoms with E-state index < -0.39 is 7.37 Å². The van der Waals surface area contributed by atoms with E-state index in [1.54, 1.807) is 0 Å². The van der Waals surface area contributed by atoms with Gasteiger partial charge in [-0.05, 0) is 19.4 Å². The van der Waals surface area contributed by atoms with E-state index in [1.807, 2.05) is 0 Å². The fourth-order valence-electron chi connectivity index (χ4n) is 1.24. The highest BCUT2D eigenvalue weighted by atomic mass is 31.2. The molecule has 3 nitrogen and oxygen atoms in total. The first-order valence-corrected chi connectivity index (χ1v) is 5.81. The third-order valence-electron chi connectivity index (χ3n) is 1.86. The van der Waals surface area contributed by atoms with Crippen LogP contribution in [0.5, 0.6) is 0 Å². The lowest BCUT2D eigenvalue weighted by atomic mass is 10.2. The molecule has 0 aromatic carbocycles. The Kier molecular flexibility index (Phi) is 2.50. The molecule has 1 aliphatic rings. The third-order valence-corrected chi connectivity index (χ3v) is 3.46. The number of hydrogen-bond acceptors (Lipinski definition) is 2. The van der Waals surface area contributed by atoms with Crippen molar-refractivity contribution < 1.29 is 9.46 Å². The number of rotatable bonds is 1. The molecule has 0 bridgehead atoms.